The maximum Gasteiger partial charge on any atom is 0.129 e. The summed E-state index contributed by atoms with van der Waals surface area (Å²) in [4.78, 5) is 0. The molecule has 2 aromatic carbocycles. The Morgan fingerprint density at radius 1 is 0.947 bits per heavy atom. The molecule has 0 aliphatic carbocycles. The molecule has 19 heavy (non-hydrogen) atoms. The van der Waals surface area contributed by atoms with Crippen molar-refractivity contribution < 1.29 is 4.39 Å². The van der Waals surface area contributed by atoms with Gasteiger partial charge in [0, 0.05) is 31.6 Å². The molecule has 0 saturated carbocycles. The largest absolute Gasteiger partial charge is 0.343 e. The van der Waals surface area contributed by atoms with Gasteiger partial charge in [0.15, 0.2) is 0 Å². The van der Waals surface area contributed by atoms with Crippen molar-refractivity contribution in [2.24, 2.45) is 0 Å². The highest BCUT2D eigenvalue weighted by Gasteiger charge is 2.06. The zero-order valence-corrected chi connectivity index (χ0v) is 13.1. The normalized spacial score (nSPS) is 11.1. The second-order valence-electron chi connectivity index (χ2n) is 4.38. The Hall–Kier alpha value is -1.13. The SMILES string of the molecule is Fc1cc(Br)ccc1Cn1ccc2cc(Br)ccc21. The maximum atomic E-state index is 13.9. The molecule has 0 radical (unpaired) electrons. The number of benzene rings is 2. The average molecular weight is 383 g/mol. The van der Waals surface area contributed by atoms with Crippen LogP contribution >= 0.6 is 31.9 Å². The Morgan fingerprint density at radius 2 is 1.68 bits per heavy atom. The van der Waals surface area contributed by atoms with Crippen LogP contribution in [0.3, 0.4) is 0 Å². The Bertz CT molecular complexity index is 749. The fraction of sp³-hybridized carbons (Fsp3) is 0.0667. The van der Waals surface area contributed by atoms with Crippen molar-refractivity contribution in [1.82, 2.24) is 4.57 Å². The van der Waals surface area contributed by atoms with E-state index in [1.165, 1.54) is 6.07 Å². The first-order chi connectivity index (χ1) is 9.13. The van der Waals surface area contributed by atoms with Crippen molar-refractivity contribution in [1.29, 1.82) is 0 Å². The fourth-order valence-electron chi connectivity index (χ4n) is 2.14. The number of nitrogens with zero attached hydrogens (tertiary/aromatic N) is 1. The summed E-state index contributed by atoms with van der Waals surface area (Å²) in [6.45, 7) is 0.532. The number of hydrogen-bond donors (Lipinski definition) is 0. The van der Waals surface area contributed by atoms with Crippen molar-refractivity contribution in [3.05, 3.63) is 69.0 Å². The molecule has 0 aliphatic heterocycles. The van der Waals surface area contributed by atoms with Crippen molar-refractivity contribution >= 4 is 42.8 Å². The molecule has 0 fully saturated rings. The molecule has 1 nitrogen and oxygen atoms in total. The van der Waals surface area contributed by atoms with Crippen LogP contribution in [0.1, 0.15) is 5.56 Å². The van der Waals surface area contributed by atoms with Gasteiger partial charge in [0.1, 0.15) is 5.82 Å². The maximum absolute atomic E-state index is 13.9. The van der Waals surface area contributed by atoms with Gasteiger partial charge in [-0.3, -0.25) is 0 Å². The fourth-order valence-corrected chi connectivity index (χ4v) is 2.85. The van der Waals surface area contributed by atoms with Crippen LogP contribution in [-0.4, -0.2) is 4.57 Å². The Balaban J connectivity index is 2.01. The number of halogens is 3. The summed E-state index contributed by atoms with van der Waals surface area (Å²) in [7, 11) is 0. The zero-order valence-electron chi connectivity index (χ0n) is 9.91. The number of rotatable bonds is 2. The monoisotopic (exact) mass is 381 g/mol. The summed E-state index contributed by atoms with van der Waals surface area (Å²) in [6, 6.07) is 13.3. The van der Waals surface area contributed by atoms with Gasteiger partial charge in [-0.25, -0.2) is 4.39 Å². The van der Waals surface area contributed by atoms with Crippen molar-refractivity contribution in [3.8, 4) is 0 Å². The lowest BCUT2D eigenvalue weighted by Gasteiger charge is -2.07. The smallest absolute Gasteiger partial charge is 0.129 e. The minimum atomic E-state index is -0.187. The second-order valence-corrected chi connectivity index (χ2v) is 6.21. The molecular weight excluding hydrogens is 373 g/mol. The van der Waals surface area contributed by atoms with E-state index < -0.39 is 0 Å². The van der Waals surface area contributed by atoms with E-state index in [1.54, 1.807) is 0 Å². The van der Waals surface area contributed by atoms with Crippen LogP contribution in [0.25, 0.3) is 10.9 Å². The zero-order chi connectivity index (χ0) is 13.4. The van der Waals surface area contributed by atoms with Gasteiger partial charge in [0.25, 0.3) is 0 Å². The molecule has 1 aromatic heterocycles. The lowest BCUT2D eigenvalue weighted by Crippen LogP contribution is -2.00. The Kier molecular flexibility index (Phi) is 3.46. The quantitative estimate of drug-likeness (QED) is 0.562. The number of hydrogen-bond acceptors (Lipinski definition) is 0. The van der Waals surface area contributed by atoms with Gasteiger partial charge in [-0.2, -0.15) is 0 Å². The summed E-state index contributed by atoms with van der Waals surface area (Å²) in [6.07, 6.45) is 1.98. The highest BCUT2D eigenvalue weighted by molar-refractivity contribution is 9.10. The van der Waals surface area contributed by atoms with Gasteiger partial charge in [0.05, 0.1) is 6.54 Å². The van der Waals surface area contributed by atoms with E-state index in [0.29, 0.717) is 12.1 Å². The molecular formula is C15H10Br2FN. The van der Waals surface area contributed by atoms with Gasteiger partial charge in [0.2, 0.25) is 0 Å². The third-order valence-electron chi connectivity index (χ3n) is 3.09. The predicted octanol–water partition coefficient (Wildman–Crippen LogP) is 5.35. The van der Waals surface area contributed by atoms with Crippen molar-refractivity contribution in [2.75, 3.05) is 0 Å². The highest BCUT2D eigenvalue weighted by atomic mass is 79.9. The van der Waals surface area contributed by atoms with Gasteiger partial charge >= 0.3 is 0 Å². The lowest BCUT2D eigenvalue weighted by molar-refractivity contribution is 0.601. The van der Waals surface area contributed by atoms with Crippen LogP contribution in [0.5, 0.6) is 0 Å². The molecule has 0 unspecified atom stereocenters. The summed E-state index contributed by atoms with van der Waals surface area (Å²) in [5.74, 6) is -0.187. The van der Waals surface area contributed by atoms with Crippen LogP contribution in [0.4, 0.5) is 4.39 Å². The second kappa shape index (κ2) is 5.10. The minimum absolute atomic E-state index is 0.187. The van der Waals surface area contributed by atoms with Crippen LogP contribution in [0.2, 0.25) is 0 Å². The van der Waals surface area contributed by atoms with E-state index in [9.17, 15) is 4.39 Å². The van der Waals surface area contributed by atoms with Gasteiger partial charge < -0.3 is 4.57 Å². The Labute approximate surface area is 127 Å². The first-order valence-corrected chi connectivity index (χ1v) is 7.40. The minimum Gasteiger partial charge on any atom is -0.343 e. The third-order valence-corrected chi connectivity index (χ3v) is 4.08. The van der Waals surface area contributed by atoms with E-state index in [-0.39, 0.29) is 5.82 Å². The van der Waals surface area contributed by atoms with Crippen LogP contribution in [0, 0.1) is 5.82 Å². The first-order valence-electron chi connectivity index (χ1n) is 5.82. The molecule has 96 valence electrons. The van der Waals surface area contributed by atoms with E-state index in [2.05, 4.69) is 37.9 Å². The highest BCUT2D eigenvalue weighted by Crippen LogP contribution is 2.23. The molecule has 0 N–H and O–H groups in total. The Morgan fingerprint density at radius 3 is 2.47 bits per heavy atom. The van der Waals surface area contributed by atoms with E-state index in [4.69, 9.17) is 0 Å². The summed E-state index contributed by atoms with van der Waals surface area (Å²) in [5, 5.41) is 1.15. The van der Waals surface area contributed by atoms with Crippen LogP contribution in [-0.2, 0) is 6.54 Å². The molecule has 3 aromatic rings. The predicted molar refractivity (Wildman–Crippen MR) is 82.8 cm³/mol. The molecule has 1 heterocycles. The van der Waals surface area contributed by atoms with E-state index >= 15 is 0 Å². The first kappa shape index (κ1) is 12.9. The number of aromatic nitrogens is 1. The number of fused-ring (bicyclic) bond motifs is 1. The van der Waals surface area contributed by atoms with Crippen LogP contribution < -0.4 is 0 Å². The molecule has 0 saturated heterocycles. The molecule has 0 atom stereocenters. The molecule has 0 amide bonds. The molecule has 0 aliphatic rings. The van der Waals surface area contributed by atoms with E-state index in [0.717, 1.165) is 19.8 Å². The lowest BCUT2D eigenvalue weighted by atomic mass is 10.2. The topological polar surface area (TPSA) is 4.93 Å². The summed E-state index contributed by atoms with van der Waals surface area (Å²) < 4.78 is 17.7. The average Bonchev–Trinajstić information content (AvgIpc) is 2.75. The summed E-state index contributed by atoms with van der Waals surface area (Å²) >= 11 is 6.72. The molecule has 3 rings (SSSR count). The third kappa shape index (κ3) is 2.60. The molecule has 4 heteroatoms. The van der Waals surface area contributed by atoms with Gasteiger partial charge in [-0.15, -0.1) is 0 Å². The van der Waals surface area contributed by atoms with Gasteiger partial charge in [-0.1, -0.05) is 37.9 Å². The van der Waals surface area contributed by atoms with Crippen molar-refractivity contribution in [3.63, 3.8) is 0 Å². The molecule has 0 spiro atoms. The molecule has 0 bridgehead atoms. The van der Waals surface area contributed by atoms with E-state index in [1.807, 2.05) is 41.1 Å². The standard InChI is InChI=1S/C15H10Br2FN/c16-12-3-4-15-10(7-12)5-6-19(15)9-11-1-2-13(17)8-14(11)18/h1-8H,9H2. The van der Waals surface area contributed by atoms with Gasteiger partial charge in [-0.05, 0) is 36.4 Å². The van der Waals surface area contributed by atoms with Crippen molar-refractivity contribution in [2.45, 2.75) is 6.54 Å². The van der Waals surface area contributed by atoms with Crippen LogP contribution in [0.15, 0.2) is 57.6 Å². The summed E-state index contributed by atoms with van der Waals surface area (Å²) in [5.41, 5.74) is 1.79.